The molecule has 0 aliphatic carbocycles. The van der Waals surface area contributed by atoms with Crippen LogP contribution < -0.4 is 5.73 Å². The average Bonchev–Trinajstić information content (AvgIpc) is 2.71. The van der Waals surface area contributed by atoms with Crippen LogP contribution in [0.4, 0.5) is 0 Å². The van der Waals surface area contributed by atoms with Gasteiger partial charge in [-0.2, -0.15) is 0 Å². The number of amides is 1. The molecule has 1 atom stereocenters. The highest BCUT2D eigenvalue weighted by molar-refractivity contribution is 5.78. The predicted octanol–water partition coefficient (Wildman–Crippen LogP) is 2.29. The molecule has 2 N–H and O–H groups in total. The third-order valence-corrected chi connectivity index (χ3v) is 3.69. The zero-order valence-electron chi connectivity index (χ0n) is 11.1. The first-order valence-electron chi connectivity index (χ1n) is 6.79. The Kier molecular flexibility index (Phi) is 4.37. The third-order valence-electron chi connectivity index (χ3n) is 3.69. The van der Waals surface area contributed by atoms with E-state index in [0.717, 1.165) is 31.4 Å². The second kappa shape index (κ2) is 6.01. The molecule has 2 rings (SSSR count). The van der Waals surface area contributed by atoms with Gasteiger partial charge in [-0.3, -0.25) is 4.79 Å². The lowest BCUT2D eigenvalue weighted by molar-refractivity contribution is -0.128. The van der Waals surface area contributed by atoms with Crippen LogP contribution in [-0.2, 0) is 17.9 Å². The van der Waals surface area contributed by atoms with E-state index >= 15 is 0 Å². The maximum atomic E-state index is 12.0. The molecule has 0 spiro atoms. The number of nitrogens with two attached hydrogens (primary N) is 1. The smallest absolute Gasteiger partial charge is 0.223 e. The van der Waals surface area contributed by atoms with Gasteiger partial charge in [-0.25, -0.2) is 0 Å². The van der Waals surface area contributed by atoms with Crippen LogP contribution >= 0.6 is 0 Å². The maximum Gasteiger partial charge on any atom is 0.223 e. The summed E-state index contributed by atoms with van der Waals surface area (Å²) in [4.78, 5) is 13.9. The molecule has 1 aliphatic heterocycles. The first-order chi connectivity index (χ1) is 8.74. The van der Waals surface area contributed by atoms with Crippen LogP contribution in [0.3, 0.4) is 0 Å². The van der Waals surface area contributed by atoms with Crippen molar-refractivity contribution >= 4 is 5.91 Å². The quantitative estimate of drug-likeness (QED) is 0.866. The molecule has 1 unspecified atom stereocenters. The van der Waals surface area contributed by atoms with Crippen molar-refractivity contribution < 1.29 is 4.79 Å². The van der Waals surface area contributed by atoms with Gasteiger partial charge in [0.2, 0.25) is 5.91 Å². The lowest BCUT2D eigenvalue weighted by Crippen LogP contribution is -2.25. The third kappa shape index (κ3) is 2.91. The monoisotopic (exact) mass is 246 g/mol. The zero-order valence-corrected chi connectivity index (χ0v) is 11.1. The molecule has 1 heterocycles. The lowest BCUT2D eigenvalue weighted by atomic mass is 10.0. The Labute approximate surface area is 109 Å². The molecule has 1 amide bonds. The number of rotatable bonds is 5. The highest BCUT2D eigenvalue weighted by atomic mass is 16.2. The molecule has 3 nitrogen and oxygen atoms in total. The number of nitrogens with zero attached hydrogens (tertiary/aromatic N) is 1. The van der Waals surface area contributed by atoms with E-state index in [2.05, 4.69) is 13.0 Å². The normalized spacial score (nSPS) is 19.6. The lowest BCUT2D eigenvalue weighted by Gasteiger charge is -2.18. The zero-order chi connectivity index (χ0) is 13.0. The van der Waals surface area contributed by atoms with E-state index in [9.17, 15) is 4.79 Å². The number of benzene rings is 1. The van der Waals surface area contributed by atoms with Crippen molar-refractivity contribution in [2.75, 3.05) is 6.54 Å². The summed E-state index contributed by atoms with van der Waals surface area (Å²) in [5.41, 5.74) is 8.06. The van der Waals surface area contributed by atoms with E-state index in [0.29, 0.717) is 24.9 Å². The molecule has 1 saturated heterocycles. The van der Waals surface area contributed by atoms with E-state index in [1.165, 1.54) is 5.56 Å². The fourth-order valence-electron chi connectivity index (χ4n) is 2.72. The molecule has 98 valence electrons. The van der Waals surface area contributed by atoms with Gasteiger partial charge in [-0.1, -0.05) is 37.6 Å². The Balaban J connectivity index is 2.03. The van der Waals surface area contributed by atoms with Crippen molar-refractivity contribution in [2.45, 2.75) is 39.3 Å². The van der Waals surface area contributed by atoms with Gasteiger partial charge in [0.1, 0.15) is 0 Å². The molecule has 0 bridgehead atoms. The van der Waals surface area contributed by atoms with Crippen LogP contribution in [0.25, 0.3) is 0 Å². The molecule has 0 aromatic heterocycles. The van der Waals surface area contributed by atoms with Crippen LogP contribution in [0.2, 0.25) is 0 Å². The number of carbonyl (C=O) groups excluding carboxylic acids is 1. The summed E-state index contributed by atoms with van der Waals surface area (Å²) in [6.45, 7) is 4.34. The minimum absolute atomic E-state index is 0.292. The first-order valence-corrected chi connectivity index (χ1v) is 6.79. The molecule has 0 radical (unpaired) electrons. The van der Waals surface area contributed by atoms with Crippen LogP contribution in [0, 0.1) is 5.92 Å². The molecule has 0 saturated carbocycles. The Hall–Kier alpha value is -1.35. The molecule has 1 fully saturated rings. The maximum absolute atomic E-state index is 12.0. The van der Waals surface area contributed by atoms with Gasteiger partial charge in [0.05, 0.1) is 0 Å². The van der Waals surface area contributed by atoms with Crippen molar-refractivity contribution in [3.05, 3.63) is 35.4 Å². The van der Waals surface area contributed by atoms with Crippen molar-refractivity contribution in [2.24, 2.45) is 11.7 Å². The molecule has 1 aromatic rings. The van der Waals surface area contributed by atoms with Crippen molar-refractivity contribution in [3.63, 3.8) is 0 Å². The molecule has 18 heavy (non-hydrogen) atoms. The molecule has 1 aliphatic rings. The Bertz CT molecular complexity index is 417. The number of hydrogen-bond acceptors (Lipinski definition) is 2. The summed E-state index contributed by atoms with van der Waals surface area (Å²) < 4.78 is 0. The van der Waals surface area contributed by atoms with Crippen LogP contribution in [0.5, 0.6) is 0 Å². The van der Waals surface area contributed by atoms with Gasteiger partial charge in [0.15, 0.2) is 0 Å². The summed E-state index contributed by atoms with van der Waals surface area (Å²) in [7, 11) is 0. The van der Waals surface area contributed by atoms with Crippen LogP contribution in [0.1, 0.15) is 37.3 Å². The van der Waals surface area contributed by atoms with E-state index in [-0.39, 0.29) is 0 Å². The number of likely N-dealkylation sites (tertiary alicyclic amines) is 1. The van der Waals surface area contributed by atoms with Gasteiger partial charge >= 0.3 is 0 Å². The highest BCUT2D eigenvalue weighted by Gasteiger charge is 2.28. The number of hydrogen-bond donors (Lipinski definition) is 1. The van der Waals surface area contributed by atoms with Crippen LogP contribution in [-0.4, -0.2) is 17.4 Å². The molecule has 1 aromatic carbocycles. The summed E-state index contributed by atoms with van der Waals surface area (Å²) in [5.74, 6) is 0.841. The average molecular weight is 246 g/mol. The second-order valence-electron chi connectivity index (χ2n) is 5.11. The molecule has 3 heteroatoms. The predicted molar refractivity (Wildman–Crippen MR) is 72.8 cm³/mol. The van der Waals surface area contributed by atoms with E-state index in [1.807, 2.05) is 23.1 Å². The molecular formula is C15H22N2O. The topological polar surface area (TPSA) is 46.3 Å². The molecular weight excluding hydrogens is 224 g/mol. The Morgan fingerprint density at radius 2 is 2.06 bits per heavy atom. The van der Waals surface area contributed by atoms with E-state index in [1.54, 1.807) is 0 Å². The van der Waals surface area contributed by atoms with Gasteiger partial charge in [0.25, 0.3) is 0 Å². The standard InChI is InChI=1S/C15H22N2O/c1-2-5-12-8-15(18)17(10-12)11-14-7-4-3-6-13(14)9-16/h3-4,6-7,12H,2,5,8-11,16H2,1H3. The van der Waals surface area contributed by atoms with Gasteiger partial charge in [-0.15, -0.1) is 0 Å². The summed E-state index contributed by atoms with van der Waals surface area (Å²) in [6, 6.07) is 8.12. The van der Waals surface area contributed by atoms with Gasteiger partial charge in [-0.05, 0) is 23.5 Å². The largest absolute Gasteiger partial charge is 0.338 e. The SMILES string of the molecule is CCCC1CC(=O)N(Cc2ccccc2CN)C1. The fourth-order valence-corrected chi connectivity index (χ4v) is 2.72. The first kappa shape index (κ1) is 13.1. The summed E-state index contributed by atoms with van der Waals surface area (Å²) in [5, 5.41) is 0. The van der Waals surface area contributed by atoms with Crippen LogP contribution in [0.15, 0.2) is 24.3 Å². The minimum Gasteiger partial charge on any atom is -0.338 e. The number of carbonyl (C=O) groups is 1. The van der Waals surface area contributed by atoms with Crippen molar-refractivity contribution in [1.82, 2.24) is 4.90 Å². The minimum atomic E-state index is 0.292. The Morgan fingerprint density at radius 3 is 2.72 bits per heavy atom. The summed E-state index contributed by atoms with van der Waals surface area (Å²) >= 11 is 0. The highest BCUT2D eigenvalue weighted by Crippen LogP contribution is 2.24. The summed E-state index contributed by atoms with van der Waals surface area (Å²) in [6.07, 6.45) is 3.03. The van der Waals surface area contributed by atoms with Crippen molar-refractivity contribution in [3.8, 4) is 0 Å². The van der Waals surface area contributed by atoms with E-state index in [4.69, 9.17) is 5.73 Å². The Morgan fingerprint density at radius 1 is 1.33 bits per heavy atom. The fraction of sp³-hybridized carbons (Fsp3) is 0.533. The van der Waals surface area contributed by atoms with Gasteiger partial charge < -0.3 is 10.6 Å². The van der Waals surface area contributed by atoms with Crippen molar-refractivity contribution in [1.29, 1.82) is 0 Å². The van der Waals surface area contributed by atoms with E-state index < -0.39 is 0 Å². The second-order valence-corrected chi connectivity index (χ2v) is 5.11. The van der Waals surface area contributed by atoms with Gasteiger partial charge in [0, 0.05) is 26.1 Å².